The molecule has 0 aromatic heterocycles. The van der Waals surface area contributed by atoms with Crippen LogP contribution in [0.2, 0.25) is 90.4 Å². The number of nitrogens with two attached hydrogens (primary N) is 2. The number of hydrogen-bond acceptors (Lipinski definition) is 17. The Morgan fingerprint density at radius 3 is 0.748 bits per heavy atom. The summed E-state index contributed by atoms with van der Waals surface area (Å²) in [6.07, 6.45) is 0. The van der Waals surface area contributed by atoms with Crippen molar-refractivity contribution in [1.29, 1.82) is 0 Å². The second-order valence-corrected chi connectivity index (χ2v) is 33.2. The Balaban J connectivity index is 0.000000182. The van der Waals surface area contributed by atoms with Gasteiger partial charge >= 0.3 is 11.4 Å². The molecule has 588 valence electrons. The van der Waals surface area contributed by atoms with Crippen molar-refractivity contribution < 1.29 is 38.3 Å². The summed E-state index contributed by atoms with van der Waals surface area (Å²) in [7, 11) is 0. The summed E-state index contributed by atoms with van der Waals surface area (Å²) in [5.74, 6) is -2.27. The molecule has 0 aliphatic rings. The summed E-state index contributed by atoms with van der Waals surface area (Å²) in [5, 5.41) is 67.6. The van der Waals surface area contributed by atoms with Crippen LogP contribution in [0.1, 0.15) is 0 Å². The third kappa shape index (κ3) is 19.2. The van der Waals surface area contributed by atoms with Crippen molar-refractivity contribution in [3.63, 3.8) is 0 Å². The van der Waals surface area contributed by atoms with Gasteiger partial charge in [-0.2, -0.15) is 8.78 Å². The molecule has 0 amide bonds. The maximum absolute atomic E-state index is 14.4. The lowest BCUT2D eigenvalue weighted by Crippen LogP contribution is -1.98. The van der Waals surface area contributed by atoms with Gasteiger partial charge in [0.2, 0.25) is 11.6 Å². The Bertz CT molecular complexity index is 5670. The van der Waals surface area contributed by atoms with Crippen LogP contribution < -0.4 is 11.5 Å². The number of nitro benzene ring substituents is 6. The maximum Gasteiger partial charge on any atom is 0.306 e. The standard InChI is InChI=1S/C24H8Cl8N2O4S.C24H8Cl6F2N2O4S.C24H14Cl4N4O4S/c25-11-3-7-15(23(31)17(11)9-1-5-13(33(35)36)21(29)19(9)27)39-16-8-4-12(26)18(24(16)32)10-2-6-14(34(37)38)22(30)20(10)28;25-11-1-3-19(23(29)21(11)9-5-15(31)17(33(35)36)7-13(9)27)39-20-4-2-12(26)22(24(20)30)10-6-16(32)18(34(37)38)8-14(10)28;25-15-5-7-19(23(29)21(15)13-3-1-11(31(33)34)9-17(13)27)37-20-8-6-16(26)22(24(20)30)14-4-2-12(32(35)36)10-18(14)28/h2*1-8H;1-10H,29-30H2. The normalized spacial score (nSPS) is 11.0. The van der Waals surface area contributed by atoms with Crippen LogP contribution in [-0.4, -0.2) is 29.5 Å². The smallest absolute Gasteiger partial charge is 0.306 e. The van der Waals surface area contributed by atoms with Gasteiger partial charge in [0.05, 0.1) is 121 Å². The first kappa shape index (κ1) is 90.1. The molecule has 20 nitrogen and oxygen atoms in total. The molecule has 12 rings (SSSR count). The van der Waals surface area contributed by atoms with Crippen molar-refractivity contribution in [3.8, 4) is 66.8 Å². The van der Waals surface area contributed by atoms with E-state index in [-0.39, 0.29) is 137 Å². The minimum atomic E-state index is -1.14. The molecule has 12 aromatic rings. The summed E-state index contributed by atoms with van der Waals surface area (Å²) in [6, 6.07) is 35.9. The lowest BCUT2D eigenvalue weighted by Gasteiger charge is -2.17. The van der Waals surface area contributed by atoms with Crippen LogP contribution in [0.3, 0.4) is 0 Å². The van der Waals surface area contributed by atoms with E-state index in [9.17, 15) is 69.5 Å². The average molecular weight is 1970 g/mol. The Kier molecular flexibility index (Phi) is 29.6. The number of benzene rings is 12. The molecule has 12 aromatic carbocycles. The number of rotatable bonds is 18. The molecule has 0 unspecified atom stereocenters. The molecule has 0 bridgehead atoms. The Morgan fingerprint density at radius 2 is 0.478 bits per heavy atom. The van der Waals surface area contributed by atoms with Gasteiger partial charge in [-0.05, 0) is 109 Å². The fraction of sp³-hybridized carbons (Fsp3) is 0. The van der Waals surface area contributed by atoms with Gasteiger partial charge in [-0.25, -0.2) is 0 Å². The first-order valence-electron chi connectivity index (χ1n) is 30.7. The molecule has 0 heterocycles. The number of nitrogen functional groups attached to an aromatic ring is 2. The Labute approximate surface area is 748 Å². The van der Waals surface area contributed by atoms with Crippen LogP contribution in [0, 0.1) is 72.3 Å². The minimum absolute atomic E-state index is 0.0215. The van der Waals surface area contributed by atoms with E-state index in [0.29, 0.717) is 83.9 Å². The number of non-ortho nitro benzene ring substituents is 2. The summed E-state index contributed by atoms with van der Waals surface area (Å²) < 4.78 is 28.8. The third-order valence-electron chi connectivity index (χ3n) is 16.1. The zero-order chi connectivity index (χ0) is 84.5. The second kappa shape index (κ2) is 37.8. The Hall–Kier alpha value is -7.23. The lowest BCUT2D eigenvalue weighted by molar-refractivity contribution is -0.387. The number of anilines is 2. The minimum Gasteiger partial charge on any atom is -0.397 e. The molecule has 0 aliphatic carbocycles. The van der Waals surface area contributed by atoms with Gasteiger partial charge in [-0.3, -0.25) is 60.7 Å². The van der Waals surface area contributed by atoms with Gasteiger partial charge in [0.15, 0.2) is 0 Å². The number of hydrogen-bond donors (Lipinski definition) is 2. The van der Waals surface area contributed by atoms with Crippen molar-refractivity contribution in [3.05, 3.63) is 320 Å². The molecule has 0 fully saturated rings. The lowest BCUT2D eigenvalue weighted by atomic mass is 10.0. The van der Waals surface area contributed by atoms with E-state index in [1.807, 2.05) is 0 Å². The zero-order valence-corrected chi connectivity index (χ0v) is 71.6. The highest BCUT2D eigenvalue weighted by Gasteiger charge is 2.30. The van der Waals surface area contributed by atoms with E-state index >= 15 is 0 Å². The first-order valence-corrected chi connectivity index (χ1v) is 39.9. The quantitative estimate of drug-likeness (QED) is 0.0458. The molecule has 0 saturated heterocycles. The fourth-order valence-corrected chi connectivity index (χ4v) is 18.8. The fourth-order valence-electron chi connectivity index (χ4n) is 10.8. The number of nitrogens with zero attached hydrogens (tertiary/aromatic N) is 6. The maximum atomic E-state index is 14.4. The van der Waals surface area contributed by atoms with E-state index in [1.54, 1.807) is 60.7 Å². The van der Waals surface area contributed by atoms with Crippen LogP contribution in [-0.2, 0) is 0 Å². The topological polar surface area (TPSA) is 311 Å². The summed E-state index contributed by atoms with van der Waals surface area (Å²) >= 11 is 119. The predicted molar refractivity (Wildman–Crippen MR) is 462 cm³/mol. The van der Waals surface area contributed by atoms with E-state index in [4.69, 9.17) is 220 Å². The van der Waals surface area contributed by atoms with E-state index in [1.165, 1.54) is 84.6 Å². The van der Waals surface area contributed by atoms with Gasteiger partial charge in [0.1, 0.15) is 10.0 Å². The molecular formula is C72H30Cl18F2N8O12S3. The predicted octanol–water partition coefficient (Wildman–Crippen LogP) is 32.2. The van der Waals surface area contributed by atoms with Gasteiger partial charge < -0.3 is 11.5 Å². The molecule has 0 atom stereocenters. The zero-order valence-electron chi connectivity index (χ0n) is 55.5. The van der Waals surface area contributed by atoms with Crippen LogP contribution in [0.4, 0.5) is 54.3 Å². The third-order valence-corrected chi connectivity index (χ3v) is 26.4. The van der Waals surface area contributed by atoms with E-state index < -0.39 is 52.5 Å². The Morgan fingerprint density at radius 1 is 0.235 bits per heavy atom. The monoisotopic (exact) mass is 1960 g/mol. The summed E-state index contributed by atoms with van der Waals surface area (Å²) in [6.45, 7) is 0. The molecule has 115 heavy (non-hydrogen) atoms. The SMILES string of the molecule is Nc1c(Sc2ccc(Cl)c(-c3ccc([N+](=O)[O-])cc3Cl)c2N)ccc(Cl)c1-c1ccc([N+](=O)[O-])cc1Cl.O=[N+]([O-])c1cc(Cl)c(-c2c(Cl)ccc(Sc3ccc(Cl)c(-c4cc(F)c([N+](=O)[O-])cc4Cl)c3Cl)c2Cl)cc1F.O=[N+]([O-])c1ccc(-c2c(Cl)ccc(Sc3ccc(Cl)c(-c4ccc([N+](=O)[O-])c(Cl)c4Cl)c3Cl)c2Cl)c(Cl)c1Cl. The van der Waals surface area contributed by atoms with Crippen molar-refractivity contribution >= 4 is 290 Å². The molecule has 4 N–H and O–H groups in total. The van der Waals surface area contributed by atoms with Gasteiger partial charge in [0, 0.05) is 145 Å². The molecule has 0 saturated carbocycles. The second-order valence-electron chi connectivity index (χ2n) is 22.9. The van der Waals surface area contributed by atoms with Crippen molar-refractivity contribution in [2.75, 3.05) is 11.5 Å². The summed E-state index contributed by atoms with van der Waals surface area (Å²) in [4.78, 5) is 65.4. The average Bonchev–Trinajstić information content (AvgIpc) is 0.772. The van der Waals surface area contributed by atoms with Crippen molar-refractivity contribution in [1.82, 2.24) is 0 Å². The van der Waals surface area contributed by atoms with Gasteiger partial charge in [0.25, 0.3) is 22.7 Å². The molecule has 0 aliphatic heterocycles. The van der Waals surface area contributed by atoms with Crippen LogP contribution in [0.15, 0.2) is 187 Å². The molecule has 0 spiro atoms. The van der Waals surface area contributed by atoms with Gasteiger partial charge in [-0.1, -0.05) is 244 Å². The number of halogens is 20. The highest BCUT2D eigenvalue weighted by molar-refractivity contribution is 8.00. The highest BCUT2D eigenvalue weighted by Crippen LogP contribution is 2.55. The van der Waals surface area contributed by atoms with Crippen LogP contribution in [0.5, 0.6) is 0 Å². The first-order chi connectivity index (χ1) is 54.1. The van der Waals surface area contributed by atoms with Crippen LogP contribution >= 0.6 is 244 Å². The van der Waals surface area contributed by atoms with Crippen LogP contribution in [0.25, 0.3) is 66.8 Å². The van der Waals surface area contributed by atoms with Crippen molar-refractivity contribution in [2.45, 2.75) is 29.4 Å². The molecule has 43 heteroatoms. The van der Waals surface area contributed by atoms with Crippen molar-refractivity contribution in [2.24, 2.45) is 0 Å². The van der Waals surface area contributed by atoms with E-state index in [2.05, 4.69) is 0 Å². The summed E-state index contributed by atoms with van der Waals surface area (Å²) in [5.41, 5.74) is 14.0. The van der Waals surface area contributed by atoms with E-state index in [0.717, 1.165) is 47.8 Å². The highest BCUT2D eigenvalue weighted by atomic mass is 35.5. The molecular weight excluding hydrogens is 1940 g/mol. The number of nitro groups is 6. The molecule has 0 radical (unpaired) electrons. The largest absolute Gasteiger partial charge is 0.397 e. The van der Waals surface area contributed by atoms with Gasteiger partial charge in [-0.15, -0.1) is 0 Å².